The number of aryl methyl sites for hydroxylation is 7. The molecule has 0 saturated heterocycles. The van der Waals surface area contributed by atoms with Crippen molar-refractivity contribution >= 4 is 178 Å². The highest BCUT2D eigenvalue weighted by Gasteiger charge is 2.28. The maximum Gasteiger partial charge on any atom is 0.150 e. The fourth-order valence-electron chi connectivity index (χ4n) is 15.3. The van der Waals surface area contributed by atoms with Crippen molar-refractivity contribution in [3.8, 4) is 40.2 Å². The Bertz CT molecular complexity index is 6550. The van der Waals surface area contributed by atoms with Crippen LogP contribution >= 0.6 is 60.1 Å². The normalized spacial score (nSPS) is 11.5. The average Bonchev–Trinajstić information content (AvgIpc) is 0.752. The van der Waals surface area contributed by atoms with Crippen LogP contribution in [0.1, 0.15) is 217 Å². The Morgan fingerprint density at radius 1 is 0.190 bits per heavy atom. The van der Waals surface area contributed by atoms with E-state index in [0.29, 0.717) is 60.1 Å². The van der Waals surface area contributed by atoms with Gasteiger partial charge in [-0.3, -0.25) is 33.6 Å². The highest BCUT2D eigenvalue weighted by Crippen LogP contribution is 2.40. The van der Waals surface area contributed by atoms with Crippen molar-refractivity contribution in [2.75, 3.05) is 49.8 Å². The quantitative estimate of drug-likeness (QED) is 0.0333. The molecule has 14 nitrogen and oxygen atoms in total. The van der Waals surface area contributed by atoms with Gasteiger partial charge in [0.2, 0.25) is 0 Å². The standard InChI is InChI=1S/C22H29O2P.2C19H23O2P.C16H17O2P.3C15H15O2P/c1-21(2,3)16-12-17(22(4,5)6)20(24-7)19(13-16)25-18-11-9-8-10-15(18)14-23;1-13-10-15(19(2,3)4)11-17(18(13)21-5)22-16-9-7-6-8-14(16)12-20;1-13-10-15(19(2,3)4)18(21-5)17(11-13)22-16-9-7-6-8-14(16)12-20;1-11-8-12(2)16(18-3)15(9-11)19-14-7-5-4-6-13(14)10-17;1-11-6-5-9-14(15(11)17-2)18-13-8-4-3-7-12(13)10-16;1-11-7-8-14(12(9-11)10-16)18-15-6-4-3-5-13(15)17-2;1-11-7-8-13(17-2)15(9-11)18-14-6-4-3-5-12(14)10-16/h8-14,25H,1-7H3;2*6-12,22H,1-5H3;4-10,19H,1-3H3;3*3-10,18H,1-2H3. The summed E-state index contributed by atoms with van der Waals surface area (Å²) < 4.78 is 38.8. The van der Waals surface area contributed by atoms with Crippen LogP contribution in [0.4, 0.5) is 0 Å². The van der Waals surface area contributed by atoms with E-state index in [2.05, 4.69) is 165 Å². The fraction of sp³-hybridized carbons (Fsp3) is 0.248. The number of aldehydes is 7. The molecule has 14 aromatic rings. The van der Waals surface area contributed by atoms with Crippen LogP contribution in [-0.4, -0.2) is 93.8 Å². The summed E-state index contributed by atoms with van der Waals surface area (Å²) >= 11 is 0. The summed E-state index contributed by atoms with van der Waals surface area (Å²) in [5.41, 5.74) is 18.5. The highest BCUT2D eigenvalue weighted by molar-refractivity contribution is 7.58. The summed E-state index contributed by atoms with van der Waals surface area (Å²) in [5.74, 6) is 6.39. The van der Waals surface area contributed by atoms with E-state index in [9.17, 15) is 33.6 Å². The summed E-state index contributed by atoms with van der Waals surface area (Å²) in [4.78, 5) is 78.1. The van der Waals surface area contributed by atoms with Crippen LogP contribution in [0.15, 0.2) is 273 Å². The van der Waals surface area contributed by atoms with E-state index in [0.717, 1.165) is 220 Å². The molecule has 7 unspecified atom stereocenters. The number of rotatable bonds is 28. The van der Waals surface area contributed by atoms with Crippen LogP contribution < -0.4 is 107 Å². The van der Waals surface area contributed by atoms with Crippen molar-refractivity contribution in [3.05, 3.63) is 373 Å². The predicted octanol–water partition coefficient (Wildman–Crippen LogP) is 22.3. The Morgan fingerprint density at radius 3 is 0.831 bits per heavy atom. The number of ether oxygens (including phenoxy) is 7. The topological polar surface area (TPSA) is 184 Å². The molecule has 142 heavy (non-hydrogen) atoms. The van der Waals surface area contributed by atoms with E-state index >= 15 is 0 Å². The minimum atomic E-state index is -0.0178. The van der Waals surface area contributed by atoms with Crippen molar-refractivity contribution in [2.45, 2.75) is 153 Å². The first-order chi connectivity index (χ1) is 67.7. The Kier molecular flexibility index (Phi) is 45.5. The Morgan fingerprint density at radius 2 is 0.458 bits per heavy atom. The highest BCUT2D eigenvalue weighted by atomic mass is 31.1. The van der Waals surface area contributed by atoms with Crippen LogP contribution in [0.25, 0.3) is 0 Å². The van der Waals surface area contributed by atoms with E-state index < -0.39 is 0 Å². The Balaban J connectivity index is 0.000000203. The third-order valence-electron chi connectivity index (χ3n) is 22.8. The molecule has 0 spiro atoms. The number of hydrogen-bond donors (Lipinski definition) is 0. The van der Waals surface area contributed by atoms with Crippen molar-refractivity contribution in [1.29, 1.82) is 0 Å². The summed E-state index contributed by atoms with van der Waals surface area (Å²) in [7, 11) is 14.8. The van der Waals surface area contributed by atoms with E-state index in [1.165, 1.54) is 38.9 Å². The molecule has 0 aromatic heterocycles. The molecule has 0 fully saturated rings. The van der Waals surface area contributed by atoms with E-state index in [4.69, 9.17) is 33.2 Å². The van der Waals surface area contributed by atoms with Gasteiger partial charge in [-0.05, 0) is 195 Å². The van der Waals surface area contributed by atoms with E-state index in [1.807, 2.05) is 239 Å². The van der Waals surface area contributed by atoms with Gasteiger partial charge in [-0.15, -0.1) is 0 Å². The first kappa shape index (κ1) is 116. The van der Waals surface area contributed by atoms with Crippen molar-refractivity contribution in [3.63, 3.8) is 0 Å². The third-order valence-corrected chi connectivity index (χ3v) is 32.4. The first-order valence-electron chi connectivity index (χ1n) is 46.6. The van der Waals surface area contributed by atoms with E-state index in [-0.39, 0.29) is 21.7 Å². The zero-order valence-corrected chi connectivity index (χ0v) is 93.7. The molecule has 0 aliphatic rings. The van der Waals surface area contributed by atoms with E-state index in [1.54, 1.807) is 49.8 Å². The van der Waals surface area contributed by atoms with Gasteiger partial charge in [0.05, 0.1) is 49.8 Å². The monoisotopic (exact) mass is 2030 g/mol. The summed E-state index contributed by atoms with van der Waals surface area (Å²) in [6.45, 7) is 40.9. The second-order valence-electron chi connectivity index (χ2n) is 37.9. The largest absolute Gasteiger partial charge is 0.496 e. The lowest BCUT2D eigenvalue weighted by molar-refractivity contribution is 0.111. The Labute approximate surface area is 855 Å². The van der Waals surface area contributed by atoms with Gasteiger partial charge >= 0.3 is 0 Å². The maximum atomic E-state index is 11.4. The lowest BCUT2D eigenvalue weighted by Crippen LogP contribution is -2.22. The zero-order valence-electron chi connectivity index (χ0n) is 86.7. The van der Waals surface area contributed by atoms with Crippen molar-refractivity contribution < 1.29 is 66.7 Å². The third kappa shape index (κ3) is 33.5. The number of carbonyl (C=O) groups excluding carboxylic acids is 7. The van der Waals surface area contributed by atoms with Gasteiger partial charge in [0, 0.05) is 87.2 Å². The molecule has 0 amide bonds. The maximum absolute atomic E-state index is 11.4. The summed E-state index contributed by atoms with van der Waals surface area (Å²) in [5, 5.41) is 15.4. The molecule has 14 rings (SSSR count). The number of benzene rings is 14. The van der Waals surface area contributed by atoms with Gasteiger partial charge in [0.15, 0.2) is 44.0 Å². The molecule has 0 radical (unpaired) electrons. The van der Waals surface area contributed by atoms with Crippen LogP contribution in [0.2, 0.25) is 0 Å². The summed E-state index contributed by atoms with van der Waals surface area (Å²) in [6.07, 6.45) is 6.44. The molecule has 0 bridgehead atoms. The molecule has 0 saturated carbocycles. The molecule has 0 N–H and O–H groups in total. The number of para-hydroxylation sites is 2. The SMILES string of the molecule is COc1c(C)cc(C(C)(C)C)cc1Pc1ccccc1C=O.COc1c(C)cc(C)cc1Pc1ccccc1C=O.COc1c(C)cccc1Pc1ccccc1C=O.COc1c(Pc2ccccc2C=O)cc(C(C)(C)C)cc1C(C)(C)C.COc1c(Pc2ccccc2C=O)cc(C)cc1C(C)(C)C.COc1ccc(C)cc1Pc1ccccc1C=O.COc1ccccc1Pc1ccc(C)cc1C=O. The number of carbonyl (C=O) groups is 7. The van der Waals surface area contributed by atoms with Gasteiger partial charge in [-0.25, -0.2) is 0 Å². The van der Waals surface area contributed by atoms with Crippen molar-refractivity contribution in [2.24, 2.45) is 0 Å². The van der Waals surface area contributed by atoms with Crippen molar-refractivity contribution in [1.82, 2.24) is 0 Å². The molecule has 0 aliphatic heterocycles. The van der Waals surface area contributed by atoms with Gasteiger partial charge in [-0.1, -0.05) is 379 Å². The summed E-state index contributed by atoms with van der Waals surface area (Å²) in [6, 6.07) is 89.9. The molecule has 7 atom stereocenters. The van der Waals surface area contributed by atoms with Crippen LogP contribution in [0, 0.1) is 48.5 Å². The second-order valence-corrected chi connectivity index (χ2v) is 47.2. The molecule has 0 heterocycles. The first-order valence-corrected chi connectivity index (χ1v) is 53.6. The number of hydrogen-bond acceptors (Lipinski definition) is 14. The minimum absolute atomic E-state index is 0.0147. The average molecular weight is 2030 g/mol. The van der Waals surface area contributed by atoms with Crippen LogP contribution in [0.5, 0.6) is 40.2 Å². The minimum Gasteiger partial charge on any atom is -0.496 e. The van der Waals surface area contributed by atoms with Gasteiger partial charge < -0.3 is 33.2 Å². The molecule has 0 aliphatic carbocycles. The molecule has 21 heteroatoms. The zero-order chi connectivity index (χ0) is 104. The smallest absolute Gasteiger partial charge is 0.150 e. The van der Waals surface area contributed by atoms with Crippen LogP contribution in [-0.2, 0) is 21.7 Å². The van der Waals surface area contributed by atoms with Gasteiger partial charge in [0.25, 0.3) is 0 Å². The molecular formula is C121H137O14P7. The van der Waals surface area contributed by atoms with Gasteiger partial charge in [0.1, 0.15) is 40.2 Å². The van der Waals surface area contributed by atoms with Gasteiger partial charge in [-0.2, -0.15) is 0 Å². The lowest BCUT2D eigenvalue weighted by Gasteiger charge is -2.29. The van der Waals surface area contributed by atoms with Crippen LogP contribution in [0.3, 0.4) is 0 Å². The second kappa shape index (κ2) is 55.9. The fourth-order valence-corrected chi connectivity index (χ4v) is 24.9. The molecule has 14 aromatic carbocycles. The Hall–Kier alpha value is -11.6. The lowest BCUT2D eigenvalue weighted by atomic mass is 9.80. The number of methoxy groups -OCH3 is 7. The predicted molar refractivity (Wildman–Crippen MR) is 615 cm³/mol. The molecule has 740 valence electrons. The molecular weight excluding hydrogens is 1890 g/mol.